The van der Waals surface area contributed by atoms with E-state index >= 15 is 0 Å². The highest BCUT2D eigenvalue weighted by Crippen LogP contribution is 2.31. The number of halogens is 1. The van der Waals surface area contributed by atoms with Gasteiger partial charge in [-0.1, -0.05) is 6.92 Å². The molecule has 0 atom stereocenters. The number of aromatic nitrogens is 5. The van der Waals surface area contributed by atoms with Gasteiger partial charge < -0.3 is 14.4 Å². The summed E-state index contributed by atoms with van der Waals surface area (Å²) in [6, 6.07) is 1.40. The second-order valence-electron chi connectivity index (χ2n) is 9.11. The molecule has 35 heavy (non-hydrogen) atoms. The lowest BCUT2D eigenvalue weighted by Gasteiger charge is -2.31. The van der Waals surface area contributed by atoms with Crippen molar-refractivity contribution in [2.24, 2.45) is 5.92 Å². The van der Waals surface area contributed by atoms with Crippen molar-refractivity contribution in [3.05, 3.63) is 41.7 Å². The number of fused-ring (bicyclic) bond motifs is 1. The van der Waals surface area contributed by atoms with Gasteiger partial charge in [0.2, 0.25) is 11.8 Å². The van der Waals surface area contributed by atoms with Crippen LogP contribution in [-0.4, -0.2) is 68.8 Å². The largest absolute Gasteiger partial charge is 0.479 e. The number of hydrogen-bond acceptors (Lipinski definition) is 6. The number of carbonyl (C=O) groups excluding carboxylic acids is 1. The third-order valence-electron chi connectivity index (χ3n) is 6.92. The Morgan fingerprint density at radius 2 is 2.03 bits per heavy atom. The van der Waals surface area contributed by atoms with Gasteiger partial charge in [-0.05, 0) is 25.2 Å². The maximum Gasteiger partial charge on any atom is 0.250 e. The van der Waals surface area contributed by atoms with E-state index in [0.29, 0.717) is 37.7 Å². The summed E-state index contributed by atoms with van der Waals surface area (Å²) in [5, 5.41) is 9.50. The standard InChI is InChI=1S/C25H31FN6O3/c1-3-23(33)30-8-4-17(5-9-30)15-31-16-18(13-28-31)24-20-6-10-35-11-7-22(20)32(29-24)19-12-21(26)25(34-2)27-14-19/h12-14,16-17H,3-11,15H2,1-2H3. The first kappa shape index (κ1) is 23.5. The Hall–Kier alpha value is -3.27. The van der Waals surface area contributed by atoms with E-state index < -0.39 is 5.82 Å². The summed E-state index contributed by atoms with van der Waals surface area (Å²) in [4.78, 5) is 18.0. The first-order chi connectivity index (χ1) is 17.1. The number of methoxy groups -OCH3 is 1. The third kappa shape index (κ3) is 4.80. The lowest BCUT2D eigenvalue weighted by atomic mass is 9.96. The van der Waals surface area contributed by atoms with Crippen LogP contribution in [0.3, 0.4) is 0 Å². The number of pyridine rings is 1. The molecular formula is C25H31FN6O3. The molecule has 3 aromatic rings. The van der Waals surface area contributed by atoms with Crippen LogP contribution in [0.15, 0.2) is 24.7 Å². The average Bonchev–Trinajstić information content (AvgIpc) is 3.40. The second-order valence-corrected chi connectivity index (χ2v) is 9.11. The molecule has 0 unspecified atom stereocenters. The number of amides is 1. The Morgan fingerprint density at radius 3 is 2.77 bits per heavy atom. The van der Waals surface area contributed by atoms with Crippen molar-refractivity contribution in [3.63, 3.8) is 0 Å². The van der Waals surface area contributed by atoms with E-state index in [0.717, 1.165) is 61.4 Å². The van der Waals surface area contributed by atoms with E-state index in [9.17, 15) is 9.18 Å². The van der Waals surface area contributed by atoms with Crippen LogP contribution in [0.1, 0.15) is 37.4 Å². The predicted molar refractivity (Wildman–Crippen MR) is 127 cm³/mol. The van der Waals surface area contributed by atoms with Crippen molar-refractivity contribution in [2.45, 2.75) is 45.6 Å². The Kier molecular flexibility index (Phi) is 6.81. The van der Waals surface area contributed by atoms with Crippen LogP contribution in [0, 0.1) is 11.7 Å². The molecule has 0 spiro atoms. The van der Waals surface area contributed by atoms with Crippen LogP contribution in [0.4, 0.5) is 4.39 Å². The lowest BCUT2D eigenvalue weighted by Crippen LogP contribution is -2.38. The first-order valence-electron chi connectivity index (χ1n) is 12.3. The van der Waals surface area contributed by atoms with Crippen molar-refractivity contribution < 1.29 is 18.7 Å². The van der Waals surface area contributed by atoms with E-state index in [1.165, 1.54) is 13.2 Å². The minimum Gasteiger partial charge on any atom is -0.479 e. The minimum absolute atomic E-state index is 0.0401. The van der Waals surface area contributed by atoms with Crippen LogP contribution >= 0.6 is 0 Å². The van der Waals surface area contributed by atoms with Gasteiger partial charge in [0.1, 0.15) is 0 Å². The number of piperidine rings is 1. The van der Waals surface area contributed by atoms with Gasteiger partial charge in [0.05, 0.1) is 49.8 Å². The second kappa shape index (κ2) is 10.2. The number of likely N-dealkylation sites (tertiary alicyclic amines) is 1. The molecule has 0 bridgehead atoms. The molecule has 1 fully saturated rings. The number of ether oxygens (including phenoxy) is 2. The summed E-state index contributed by atoms with van der Waals surface area (Å²) in [6.07, 6.45) is 9.40. The first-order valence-corrected chi connectivity index (χ1v) is 12.3. The molecule has 1 amide bonds. The van der Waals surface area contributed by atoms with Gasteiger partial charge in [-0.3, -0.25) is 9.48 Å². The fraction of sp³-hybridized carbons (Fsp3) is 0.520. The van der Waals surface area contributed by atoms with Gasteiger partial charge >= 0.3 is 0 Å². The molecule has 2 aliphatic rings. The molecule has 5 heterocycles. The highest BCUT2D eigenvalue weighted by Gasteiger charge is 2.25. The third-order valence-corrected chi connectivity index (χ3v) is 6.92. The fourth-order valence-electron chi connectivity index (χ4n) is 5.02. The van der Waals surface area contributed by atoms with Gasteiger partial charge in [0.25, 0.3) is 0 Å². The molecule has 0 saturated carbocycles. The van der Waals surface area contributed by atoms with E-state index in [2.05, 4.69) is 10.1 Å². The minimum atomic E-state index is -0.528. The molecular weight excluding hydrogens is 451 g/mol. The normalized spacial score (nSPS) is 16.7. The lowest BCUT2D eigenvalue weighted by molar-refractivity contribution is -0.132. The van der Waals surface area contributed by atoms with Crippen molar-refractivity contribution in [1.82, 2.24) is 29.4 Å². The van der Waals surface area contributed by atoms with Crippen LogP contribution in [0.5, 0.6) is 5.88 Å². The monoisotopic (exact) mass is 482 g/mol. The van der Waals surface area contributed by atoms with Gasteiger partial charge in [0, 0.05) is 55.9 Å². The number of nitrogens with zero attached hydrogens (tertiary/aromatic N) is 6. The summed E-state index contributed by atoms with van der Waals surface area (Å²) in [6.45, 7) is 5.56. The van der Waals surface area contributed by atoms with Gasteiger partial charge in [-0.15, -0.1) is 0 Å². The summed E-state index contributed by atoms with van der Waals surface area (Å²) in [5.74, 6) is 0.152. The quantitative estimate of drug-likeness (QED) is 0.537. The maximum absolute atomic E-state index is 14.4. The topological polar surface area (TPSA) is 87.3 Å². The maximum atomic E-state index is 14.4. The highest BCUT2D eigenvalue weighted by molar-refractivity contribution is 5.75. The molecule has 0 radical (unpaired) electrons. The molecule has 0 N–H and O–H groups in total. The zero-order valence-electron chi connectivity index (χ0n) is 20.2. The zero-order valence-corrected chi connectivity index (χ0v) is 20.2. The predicted octanol–water partition coefficient (Wildman–Crippen LogP) is 3.04. The van der Waals surface area contributed by atoms with Crippen LogP contribution in [-0.2, 0) is 28.9 Å². The van der Waals surface area contributed by atoms with E-state index in [-0.39, 0.29) is 11.8 Å². The molecule has 10 heteroatoms. The van der Waals surface area contributed by atoms with Crippen molar-refractivity contribution in [1.29, 1.82) is 0 Å². The van der Waals surface area contributed by atoms with Crippen molar-refractivity contribution in [2.75, 3.05) is 33.4 Å². The van der Waals surface area contributed by atoms with Crippen LogP contribution in [0.2, 0.25) is 0 Å². The molecule has 1 saturated heterocycles. The van der Waals surface area contributed by atoms with Gasteiger partial charge in [0.15, 0.2) is 5.82 Å². The highest BCUT2D eigenvalue weighted by atomic mass is 19.1. The van der Waals surface area contributed by atoms with Crippen molar-refractivity contribution in [3.8, 4) is 22.8 Å². The molecule has 2 aliphatic heterocycles. The number of carbonyl (C=O) groups is 1. The summed E-state index contributed by atoms with van der Waals surface area (Å²) in [5.41, 5.74) is 4.43. The Morgan fingerprint density at radius 1 is 1.23 bits per heavy atom. The smallest absolute Gasteiger partial charge is 0.250 e. The molecule has 3 aromatic heterocycles. The summed E-state index contributed by atoms with van der Waals surface area (Å²) in [7, 11) is 1.40. The van der Waals surface area contributed by atoms with Crippen molar-refractivity contribution >= 4 is 5.91 Å². The fourth-order valence-corrected chi connectivity index (χ4v) is 5.02. The molecule has 0 aliphatic carbocycles. The van der Waals surface area contributed by atoms with Gasteiger partial charge in [-0.25, -0.2) is 14.1 Å². The Labute approximate surface area is 203 Å². The molecule has 0 aromatic carbocycles. The van der Waals surface area contributed by atoms with Crippen LogP contribution in [0.25, 0.3) is 16.9 Å². The average molecular weight is 483 g/mol. The van der Waals surface area contributed by atoms with Crippen LogP contribution < -0.4 is 4.74 Å². The molecule has 5 rings (SSSR count). The van der Waals surface area contributed by atoms with Gasteiger partial charge in [-0.2, -0.15) is 10.2 Å². The molecule has 186 valence electrons. The summed E-state index contributed by atoms with van der Waals surface area (Å²) >= 11 is 0. The zero-order chi connectivity index (χ0) is 24.4. The van der Waals surface area contributed by atoms with E-state index in [1.54, 1.807) is 10.9 Å². The Balaban J connectivity index is 1.39. The molecule has 9 nitrogen and oxygen atoms in total. The number of rotatable bonds is 6. The Bertz CT molecular complexity index is 1200. The SMILES string of the molecule is CCC(=O)N1CCC(Cn2cc(-c3nn(-c4cnc(OC)c(F)c4)c4c3CCOCC4)cn2)CC1. The van der Waals surface area contributed by atoms with E-state index in [4.69, 9.17) is 14.6 Å². The van der Waals surface area contributed by atoms with E-state index in [1.807, 2.05) is 28.9 Å². The number of hydrogen-bond donors (Lipinski definition) is 0. The summed E-state index contributed by atoms with van der Waals surface area (Å²) < 4.78 is 28.8.